The minimum atomic E-state index is -0.770. The average Bonchev–Trinajstić information content (AvgIpc) is 3.19. The van der Waals surface area contributed by atoms with E-state index in [4.69, 9.17) is 4.74 Å². The van der Waals surface area contributed by atoms with Crippen LogP contribution in [0.5, 0.6) is 0 Å². The molecule has 0 bridgehead atoms. The molecule has 0 saturated heterocycles. The molecule has 4 nitrogen and oxygen atoms in total. The SMILES string of the molecule is CO[C@@H]1C[C@H]2[C@@H]3C(=O)C[C@@H]([C@@H](O)CO)[C@@]3(C)CC[C@@H]2[C@@]2(C)CC[C@@H]3C[C@]312. The summed E-state index contributed by atoms with van der Waals surface area (Å²) in [7, 11) is 1.87. The highest BCUT2D eigenvalue weighted by atomic mass is 16.5. The highest BCUT2D eigenvalue weighted by Gasteiger charge is 2.78. The standard InChI is InChI=1S/C22H34O4/c1-20-6-5-14-13(19(20)16(24)9-15(20)17(25)11-23)8-18(26-3)22-10-12(22)4-7-21(14,22)2/h12-15,17-19,23,25H,4-11H2,1-3H3/t12-,13-,14+,15+,17+,18-,19-,20-,21-,22+/m1/s1. The molecule has 5 saturated carbocycles. The van der Waals surface area contributed by atoms with Crippen LogP contribution >= 0.6 is 0 Å². The Hall–Kier alpha value is -0.450. The number of hydrogen-bond donors (Lipinski definition) is 2. The van der Waals surface area contributed by atoms with Crippen molar-refractivity contribution >= 4 is 5.78 Å². The van der Waals surface area contributed by atoms with Crippen LogP contribution in [0.4, 0.5) is 0 Å². The predicted molar refractivity (Wildman–Crippen MR) is 97.3 cm³/mol. The maximum Gasteiger partial charge on any atom is 0.137 e. The van der Waals surface area contributed by atoms with Crippen LogP contribution < -0.4 is 0 Å². The zero-order valence-electron chi connectivity index (χ0n) is 16.4. The fraction of sp³-hybridized carbons (Fsp3) is 0.955. The summed E-state index contributed by atoms with van der Waals surface area (Å²) in [4.78, 5) is 13.1. The molecule has 10 atom stereocenters. The zero-order valence-corrected chi connectivity index (χ0v) is 16.4. The van der Waals surface area contributed by atoms with Gasteiger partial charge in [-0.2, -0.15) is 0 Å². The number of ketones is 1. The van der Waals surface area contributed by atoms with Gasteiger partial charge in [0, 0.05) is 30.8 Å². The van der Waals surface area contributed by atoms with Gasteiger partial charge in [-0.1, -0.05) is 13.8 Å². The molecule has 26 heavy (non-hydrogen) atoms. The van der Waals surface area contributed by atoms with Crippen molar-refractivity contribution in [3.8, 4) is 0 Å². The van der Waals surface area contributed by atoms with Crippen molar-refractivity contribution in [1.29, 1.82) is 0 Å². The molecule has 0 amide bonds. The van der Waals surface area contributed by atoms with Gasteiger partial charge in [-0.05, 0) is 67.1 Å². The summed E-state index contributed by atoms with van der Waals surface area (Å²) in [5.74, 6) is 2.13. The lowest BCUT2D eigenvalue weighted by Crippen LogP contribution is -2.58. The summed E-state index contributed by atoms with van der Waals surface area (Å²) in [6.45, 7) is 4.48. The largest absolute Gasteiger partial charge is 0.394 e. The van der Waals surface area contributed by atoms with Crippen LogP contribution in [-0.2, 0) is 9.53 Å². The molecule has 5 rings (SSSR count). The number of ether oxygens (including phenoxy) is 1. The quantitative estimate of drug-likeness (QED) is 0.810. The molecule has 0 aliphatic heterocycles. The molecule has 0 unspecified atom stereocenters. The Bertz CT molecular complexity index is 634. The van der Waals surface area contributed by atoms with Gasteiger partial charge in [-0.25, -0.2) is 0 Å². The van der Waals surface area contributed by atoms with E-state index in [-0.39, 0.29) is 23.9 Å². The van der Waals surface area contributed by atoms with Crippen molar-refractivity contribution in [2.24, 2.45) is 45.8 Å². The van der Waals surface area contributed by atoms with E-state index < -0.39 is 6.10 Å². The van der Waals surface area contributed by atoms with Crippen molar-refractivity contribution in [2.75, 3.05) is 13.7 Å². The Labute approximate surface area is 156 Å². The second-order valence-electron chi connectivity index (χ2n) is 10.7. The molecule has 0 heterocycles. The minimum absolute atomic E-state index is 0.0390. The molecule has 0 aromatic carbocycles. The van der Waals surface area contributed by atoms with E-state index in [1.165, 1.54) is 25.7 Å². The fourth-order valence-corrected chi connectivity index (χ4v) is 9.12. The first-order valence-corrected chi connectivity index (χ1v) is 10.7. The van der Waals surface area contributed by atoms with Crippen molar-refractivity contribution < 1.29 is 19.7 Å². The van der Waals surface area contributed by atoms with Crippen LogP contribution in [0.1, 0.15) is 58.8 Å². The second kappa shape index (κ2) is 5.33. The van der Waals surface area contributed by atoms with E-state index in [0.29, 0.717) is 41.0 Å². The Morgan fingerprint density at radius 3 is 2.69 bits per heavy atom. The van der Waals surface area contributed by atoms with Gasteiger partial charge >= 0.3 is 0 Å². The van der Waals surface area contributed by atoms with Gasteiger partial charge < -0.3 is 14.9 Å². The Morgan fingerprint density at radius 1 is 1.27 bits per heavy atom. The normalized spacial score (nSPS) is 58.6. The van der Waals surface area contributed by atoms with Gasteiger partial charge in [-0.15, -0.1) is 0 Å². The first-order valence-electron chi connectivity index (χ1n) is 10.7. The summed E-state index contributed by atoms with van der Waals surface area (Å²) >= 11 is 0. The second-order valence-corrected chi connectivity index (χ2v) is 10.7. The summed E-state index contributed by atoms with van der Waals surface area (Å²) in [6, 6.07) is 0. The van der Waals surface area contributed by atoms with Crippen LogP contribution in [0.2, 0.25) is 0 Å². The molecule has 0 aromatic rings. The van der Waals surface area contributed by atoms with E-state index in [1.807, 2.05) is 7.11 Å². The summed E-state index contributed by atoms with van der Waals surface area (Å²) in [5.41, 5.74) is 0.528. The number of aliphatic hydroxyl groups excluding tert-OH is 2. The van der Waals surface area contributed by atoms with Crippen molar-refractivity contribution in [1.82, 2.24) is 0 Å². The lowest BCUT2D eigenvalue weighted by Gasteiger charge is -2.60. The van der Waals surface area contributed by atoms with Gasteiger partial charge in [-0.3, -0.25) is 4.79 Å². The summed E-state index contributed by atoms with van der Waals surface area (Å²) in [5, 5.41) is 19.9. The molecule has 146 valence electrons. The third kappa shape index (κ3) is 1.80. The molecule has 4 heteroatoms. The van der Waals surface area contributed by atoms with Crippen molar-refractivity contribution in [3.63, 3.8) is 0 Å². The van der Waals surface area contributed by atoms with Crippen molar-refractivity contribution in [2.45, 2.75) is 71.0 Å². The molecule has 5 aliphatic rings. The first-order chi connectivity index (χ1) is 12.3. The lowest BCUT2D eigenvalue weighted by atomic mass is 9.45. The molecule has 5 aliphatic carbocycles. The van der Waals surface area contributed by atoms with Gasteiger partial charge in [0.25, 0.3) is 0 Å². The number of Topliss-reactive ketones (excluding diaryl/α,β-unsaturated/α-hetero) is 1. The number of hydrogen-bond acceptors (Lipinski definition) is 4. The molecule has 1 spiro atoms. The van der Waals surface area contributed by atoms with Gasteiger partial charge in [0.2, 0.25) is 0 Å². The van der Waals surface area contributed by atoms with Gasteiger partial charge in [0.15, 0.2) is 0 Å². The summed E-state index contributed by atoms with van der Waals surface area (Å²) in [6.07, 6.45) is 7.11. The third-order valence-corrected chi connectivity index (χ3v) is 10.3. The van der Waals surface area contributed by atoms with E-state index >= 15 is 0 Å². The molecular weight excluding hydrogens is 328 g/mol. The Kier molecular flexibility index (Phi) is 3.61. The zero-order chi connectivity index (χ0) is 18.5. The fourth-order valence-electron chi connectivity index (χ4n) is 9.12. The van der Waals surface area contributed by atoms with E-state index in [2.05, 4.69) is 13.8 Å². The van der Waals surface area contributed by atoms with Crippen LogP contribution in [0.3, 0.4) is 0 Å². The molecule has 2 N–H and O–H groups in total. The summed E-state index contributed by atoms with van der Waals surface area (Å²) < 4.78 is 6.08. The van der Waals surface area contributed by atoms with E-state index in [0.717, 1.165) is 18.8 Å². The number of methoxy groups -OCH3 is 1. The first kappa shape index (κ1) is 17.6. The lowest BCUT2D eigenvalue weighted by molar-refractivity contribution is -0.168. The molecule has 0 aromatic heterocycles. The average molecular weight is 363 g/mol. The number of rotatable bonds is 3. The Balaban J connectivity index is 1.53. The van der Waals surface area contributed by atoms with Crippen LogP contribution in [0.15, 0.2) is 0 Å². The topological polar surface area (TPSA) is 66.8 Å². The number of aliphatic hydroxyl groups is 2. The van der Waals surface area contributed by atoms with Crippen molar-refractivity contribution in [3.05, 3.63) is 0 Å². The third-order valence-electron chi connectivity index (χ3n) is 10.3. The smallest absolute Gasteiger partial charge is 0.137 e. The number of fused-ring (bicyclic) bond motifs is 4. The molecular formula is C22H34O4. The minimum Gasteiger partial charge on any atom is -0.394 e. The number of carbonyl (C=O) groups excluding carboxylic acids is 1. The van der Waals surface area contributed by atoms with Crippen LogP contribution in [-0.4, -0.2) is 41.9 Å². The Morgan fingerprint density at radius 2 is 2.04 bits per heavy atom. The molecule has 0 radical (unpaired) electrons. The molecule has 5 fully saturated rings. The van der Waals surface area contributed by atoms with E-state index in [9.17, 15) is 15.0 Å². The predicted octanol–water partition coefficient (Wildman–Crippen LogP) is 2.80. The van der Waals surface area contributed by atoms with E-state index in [1.54, 1.807) is 0 Å². The van der Waals surface area contributed by atoms with Crippen LogP contribution in [0, 0.1) is 45.8 Å². The van der Waals surface area contributed by atoms with Crippen LogP contribution in [0.25, 0.3) is 0 Å². The highest BCUT2D eigenvalue weighted by Crippen LogP contribution is 2.81. The highest BCUT2D eigenvalue weighted by molar-refractivity contribution is 5.85. The maximum absolute atomic E-state index is 13.1. The maximum atomic E-state index is 13.1. The monoisotopic (exact) mass is 362 g/mol. The van der Waals surface area contributed by atoms with Gasteiger partial charge in [0.05, 0.1) is 18.8 Å². The number of carbonyl (C=O) groups is 1. The van der Waals surface area contributed by atoms with Gasteiger partial charge in [0.1, 0.15) is 5.78 Å².